The Bertz CT molecular complexity index is 1760. The van der Waals surface area contributed by atoms with Crippen LogP contribution in [0.3, 0.4) is 0 Å². The van der Waals surface area contributed by atoms with E-state index in [1.165, 1.54) is 0 Å². The molecular formula is C28H32ClLiN2O7S4. The SMILES string of the molecule is CCC(/C=C1\Sc2ccc(Cl)cc2N1CCCS(=O)(=O)[O-])=C\c1sc2cc(OC)c(C)cc2[n+]1CCCCS(=O)(=O)[O-].[Li+]. The molecule has 228 valence electrons. The van der Waals surface area contributed by atoms with Crippen LogP contribution in [0.4, 0.5) is 5.69 Å². The van der Waals surface area contributed by atoms with Crippen LogP contribution in [-0.4, -0.2) is 51.1 Å². The number of rotatable bonds is 13. The van der Waals surface area contributed by atoms with Crippen LogP contribution >= 0.6 is 34.7 Å². The van der Waals surface area contributed by atoms with Crippen molar-refractivity contribution in [3.05, 3.63) is 62.6 Å². The molecule has 1 aliphatic rings. The summed E-state index contributed by atoms with van der Waals surface area (Å²) in [6.45, 7) is 4.89. The van der Waals surface area contributed by atoms with Crippen LogP contribution < -0.4 is 33.1 Å². The van der Waals surface area contributed by atoms with Gasteiger partial charge in [0.25, 0.3) is 5.01 Å². The fraction of sp³-hybridized carbons (Fsp3) is 0.393. The number of hydrogen-bond acceptors (Lipinski definition) is 10. The number of methoxy groups -OCH3 is 1. The Morgan fingerprint density at radius 3 is 2.42 bits per heavy atom. The zero-order valence-corrected chi connectivity index (χ0v) is 28.5. The summed E-state index contributed by atoms with van der Waals surface area (Å²) in [6, 6.07) is 9.61. The van der Waals surface area contributed by atoms with E-state index >= 15 is 0 Å². The predicted molar refractivity (Wildman–Crippen MR) is 167 cm³/mol. The van der Waals surface area contributed by atoms with Gasteiger partial charge in [0.15, 0.2) is 6.54 Å². The molecule has 0 bridgehead atoms. The quantitative estimate of drug-likeness (QED) is 0.116. The number of fused-ring (bicyclic) bond motifs is 2. The molecule has 0 atom stereocenters. The minimum absolute atomic E-state index is 0. The molecule has 0 aliphatic carbocycles. The maximum Gasteiger partial charge on any atom is 1.00 e. The summed E-state index contributed by atoms with van der Waals surface area (Å²) in [5.41, 5.74) is 3.85. The van der Waals surface area contributed by atoms with Crippen molar-refractivity contribution in [1.82, 2.24) is 0 Å². The smallest absolute Gasteiger partial charge is 0.748 e. The molecule has 2 heterocycles. The van der Waals surface area contributed by atoms with Crippen molar-refractivity contribution in [3.63, 3.8) is 0 Å². The first-order valence-electron chi connectivity index (χ1n) is 13.3. The zero-order chi connectivity index (χ0) is 30.7. The molecule has 1 aromatic heterocycles. The van der Waals surface area contributed by atoms with Crippen LogP contribution in [0.1, 0.15) is 43.2 Å². The third kappa shape index (κ3) is 9.73. The van der Waals surface area contributed by atoms with Gasteiger partial charge in [0.05, 0.1) is 38.1 Å². The summed E-state index contributed by atoms with van der Waals surface area (Å²) in [4.78, 5) is 2.98. The molecule has 0 unspecified atom stereocenters. The molecule has 4 rings (SSSR count). The number of halogens is 1. The van der Waals surface area contributed by atoms with E-state index in [2.05, 4.69) is 22.8 Å². The second kappa shape index (κ2) is 15.2. The summed E-state index contributed by atoms with van der Waals surface area (Å²) < 4.78 is 75.8. The zero-order valence-electron chi connectivity index (χ0n) is 24.5. The first-order valence-corrected chi connectivity index (χ1v) is 18.5. The van der Waals surface area contributed by atoms with E-state index in [0.29, 0.717) is 31.0 Å². The van der Waals surface area contributed by atoms with Gasteiger partial charge >= 0.3 is 18.9 Å². The van der Waals surface area contributed by atoms with Crippen molar-refractivity contribution in [2.45, 2.75) is 51.0 Å². The molecule has 0 saturated carbocycles. The van der Waals surface area contributed by atoms with Crippen molar-refractivity contribution in [1.29, 1.82) is 0 Å². The number of aromatic nitrogens is 1. The molecule has 1 aliphatic heterocycles. The number of unbranched alkanes of at least 4 members (excludes halogenated alkanes) is 1. The Hall–Kier alpha value is -1.53. The van der Waals surface area contributed by atoms with Gasteiger partial charge in [0.1, 0.15) is 10.4 Å². The van der Waals surface area contributed by atoms with E-state index in [0.717, 1.165) is 47.7 Å². The van der Waals surface area contributed by atoms with Gasteiger partial charge in [-0.25, -0.2) is 16.8 Å². The number of allylic oxidation sites excluding steroid dienone is 2. The van der Waals surface area contributed by atoms with Gasteiger partial charge in [-0.15, -0.1) is 0 Å². The van der Waals surface area contributed by atoms with Crippen LogP contribution in [-0.2, 0) is 26.8 Å². The van der Waals surface area contributed by atoms with E-state index in [9.17, 15) is 25.9 Å². The van der Waals surface area contributed by atoms with Crippen LogP contribution in [0.2, 0.25) is 5.02 Å². The van der Waals surface area contributed by atoms with E-state index < -0.39 is 31.7 Å². The number of thioether (sulfide) groups is 1. The van der Waals surface area contributed by atoms with E-state index in [1.54, 1.807) is 30.2 Å². The molecule has 3 aromatic rings. The van der Waals surface area contributed by atoms with Crippen LogP contribution in [0.25, 0.3) is 16.3 Å². The van der Waals surface area contributed by atoms with E-state index in [1.807, 2.05) is 43.0 Å². The third-order valence-electron chi connectivity index (χ3n) is 6.77. The Balaban J connectivity index is 0.00000506. The molecule has 0 radical (unpaired) electrons. The Morgan fingerprint density at radius 1 is 1.07 bits per heavy atom. The number of ether oxygens (including phenoxy) is 1. The van der Waals surface area contributed by atoms with Crippen molar-refractivity contribution in [3.8, 4) is 5.75 Å². The predicted octanol–water partition coefficient (Wildman–Crippen LogP) is 2.67. The summed E-state index contributed by atoms with van der Waals surface area (Å²) in [7, 11) is -6.98. The first kappa shape index (κ1) is 35.9. The first-order chi connectivity index (χ1) is 19.8. The Labute approximate surface area is 278 Å². The van der Waals surface area contributed by atoms with Crippen LogP contribution in [0.5, 0.6) is 5.75 Å². The van der Waals surface area contributed by atoms with Gasteiger partial charge in [-0.3, -0.25) is 0 Å². The summed E-state index contributed by atoms with van der Waals surface area (Å²) in [6.07, 6.45) is 5.83. The second-order valence-electron chi connectivity index (χ2n) is 9.89. The molecule has 43 heavy (non-hydrogen) atoms. The second-order valence-corrected chi connectivity index (χ2v) is 15.5. The number of hydrogen-bond donors (Lipinski definition) is 0. The molecular weight excluding hydrogens is 647 g/mol. The summed E-state index contributed by atoms with van der Waals surface area (Å²) in [5, 5.41) is 2.42. The van der Waals surface area contributed by atoms with Gasteiger partial charge in [0, 0.05) is 52.6 Å². The number of benzene rings is 2. The number of aryl methyl sites for hydroxylation is 2. The maximum atomic E-state index is 11.2. The van der Waals surface area contributed by atoms with E-state index in [4.69, 9.17) is 16.3 Å². The molecule has 0 spiro atoms. The minimum atomic E-state index is -4.33. The van der Waals surface area contributed by atoms with E-state index in [-0.39, 0.29) is 31.7 Å². The van der Waals surface area contributed by atoms with Gasteiger partial charge in [-0.05, 0) is 61.6 Å². The van der Waals surface area contributed by atoms with Crippen molar-refractivity contribution in [2.75, 3.05) is 30.1 Å². The van der Waals surface area contributed by atoms with Crippen molar-refractivity contribution in [2.24, 2.45) is 0 Å². The van der Waals surface area contributed by atoms with Crippen molar-refractivity contribution >= 4 is 76.9 Å². The maximum absolute atomic E-state index is 11.2. The minimum Gasteiger partial charge on any atom is -0.748 e. The van der Waals surface area contributed by atoms with Gasteiger partial charge in [0.2, 0.25) is 5.52 Å². The number of thiazole rings is 1. The largest absolute Gasteiger partial charge is 1.00 e. The molecule has 0 saturated heterocycles. The molecule has 0 amide bonds. The molecule has 9 nitrogen and oxygen atoms in total. The average molecular weight is 679 g/mol. The molecule has 15 heteroatoms. The molecule has 0 N–H and O–H groups in total. The third-order valence-corrected chi connectivity index (χ3v) is 10.8. The van der Waals surface area contributed by atoms with Crippen molar-refractivity contribution < 1.29 is 54.1 Å². The summed E-state index contributed by atoms with van der Waals surface area (Å²) in [5.74, 6) is -0.0755. The Kier molecular flexibility index (Phi) is 12.7. The fourth-order valence-electron chi connectivity index (χ4n) is 4.71. The Morgan fingerprint density at radius 2 is 1.77 bits per heavy atom. The average Bonchev–Trinajstić information content (AvgIpc) is 3.40. The van der Waals surface area contributed by atoms with Gasteiger partial charge in [-0.2, -0.15) is 4.57 Å². The number of anilines is 1. The van der Waals surface area contributed by atoms with Crippen LogP contribution in [0.15, 0.2) is 51.9 Å². The summed E-state index contributed by atoms with van der Waals surface area (Å²) >= 11 is 9.42. The van der Waals surface area contributed by atoms with Gasteiger partial charge < -0.3 is 18.7 Å². The molecule has 2 aromatic carbocycles. The monoisotopic (exact) mass is 678 g/mol. The number of nitrogens with zero attached hydrogens (tertiary/aromatic N) is 2. The fourth-order valence-corrected chi connectivity index (χ4v) is 8.24. The normalized spacial score (nSPS) is 14.8. The van der Waals surface area contributed by atoms with Crippen LogP contribution in [0, 0.1) is 6.92 Å². The topological polar surface area (TPSA) is 131 Å². The standard InChI is InChI=1S/C28H33ClN2O7S4.Li/c1-4-20(15-27-31(11-7-13-42(35,36)37)23-17-21(29)8-9-25(23)39-27)16-28-30(10-5-6-12-41(32,33)34)22-14-19(2)24(38-3)18-26(22)40-28;/h8-9,14-18H,4-7,10-13H2,1-3H3,(H-,32,33,34,35,36,37);/q;+1/p-1. The van der Waals surface area contributed by atoms with Gasteiger partial charge in [-0.1, -0.05) is 41.6 Å². The molecule has 0 fully saturated rings.